The summed E-state index contributed by atoms with van der Waals surface area (Å²) in [7, 11) is 0. The molecule has 0 saturated heterocycles. The molecule has 1 aromatic heterocycles. The molecular formula is C58H35N3O2. The fraction of sp³-hybridized carbons (Fsp3) is 0.0172. The summed E-state index contributed by atoms with van der Waals surface area (Å²) in [6.07, 6.45) is 0. The van der Waals surface area contributed by atoms with Crippen LogP contribution in [0.4, 0.5) is 0 Å². The summed E-state index contributed by atoms with van der Waals surface area (Å²) in [5.41, 5.74) is 8.91. The molecule has 5 heteroatoms. The zero-order valence-corrected chi connectivity index (χ0v) is 33.9. The smallest absolute Gasteiger partial charge is 0.178 e. The van der Waals surface area contributed by atoms with Crippen LogP contribution < -0.4 is 9.47 Å². The van der Waals surface area contributed by atoms with Gasteiger partial charge in [-0.05, 0) is 90.5 Å². The van der Waals surface area contributed by atoms with E-state index in [2.05, 4.69) is 164 Å². The summed E-state index contributed by atoms with van der Waals surface area (Å²) in [5.74, 6) is 4.30. The highest BCUT2D eigenvalue weighted by Gasteiger charge is 2.48. The Balaban J connectivity index is 0.965. The first kappa shape index (κ1) is 35.4. The van der Waals surface area contributed by atoms with E-state index >= 15 is 0 Å². The van der Waals surface area contributed by atoms with Gasteiger partial charge in [0.25, 0.3) is 0 Å². The van der Waals surface area contributed by atoms with Gasteiger partial charge in [-0.15, -0.1) is 0 Å². The van der Waals surface area contributed by atoms with Crippen molar-refractivity contribution in [3.63, 3.8) is 0 Å². The third kappa shape index (κ3) is 5.33. The molecule has 1 aliphatic carbocycles. The monoisotopic (exact) mass is 805 g/mol. The molecule has 2 aliphatic rings. The van der Waals surface area contributed by atoms with E-state index in [0.717, 1.165) is 38.8 Å². The normalized spacial score (nSPS) is 13.1. The molecule has 1 aliphatic heterocycles. The van der Waals surface area contributed by atoms with Crippen LogP contribution in [0.2, 0.25) is 0 Å². The Bertz CT molecular complexity index is 3550. The van der Waals surface area contributed by atoms with Crippen LogP contribution in [0.3, 0.4) is 0 Å². The van der Waals surface area contributed by atoms with Gasteiger partial charge < -0.3 is 9.47 Å². The third-order valence-electron chi connectivity index (χ3n) is 12.8. The molecule has 0 bridgehead atoms. The second-order valence-corrected chi connectivity index (χ2v) is 16.2. The first-order valence-corrected chi connectivity index (χ1v) is 21.3. The summed E-state index contributed by atoms with van der Waals surface area (Å²) >= 11 is 0. The maximum Gasteiger partial charge on any atom is 0.178 e. The van der Waals surface area contributed by atoms with E-state index < -0.39 is 5.41 Å². The Hall–Kier alpha value is -8.41. The van der Waals surface area contributed by atoms with Gasteiger partial charge in [-0.2, -0.15) is 0 Å². The van der Waals surface area contributed by atoms with Gasteiger partial charge in [0.1, 0.15) is 0 Å². The first-order chi connectivity index (χ1) is 31.2. The van der Waals surface area contributed by atoms with E-state index in [1.807, 2.05) is 48.5 Å². The SMILES string of the molecule is c1ccc(-c2nc(-c3ccc4c(c3)Oc3c(ccc5c3-c3ccccc3C5(c3ccccc3)c3ccccc3)O4)nc(-c3ccc4c5ccccc5c5ccccc5c4c3)n2)cc1. The lowest BCUT2D eigenvalue weighted by Gasteiger charge is -2.34. The molecule has 0 saturated carbocycles. The van der Waals surface area contributed by atoms with Gasteiger partial charge in [-0.3, -0.25) is 0 Å². The van der Waals surface area contributed by atoms with Gasteiger partial charge >= 0.3 is 0 Å². The summed E-state index contributed by atoms with van der Waals surface area (Å²) < 4.78 is 13.8. The topological polar surface area (TPSA) is 57.1 Å². The van der Waals surface area contributed by atoms with E-state index in [-0.39, 0.29) is 0 Å². The molecule has 0 atom stereocenters. The number of aromatic nitrogens is 3. The average molecular weight is 806 g/mol. The van der Waals surface area contributed by atoms with Gasteiger partial charge in [-0.1, -0.05) is 182 Å². The highest BCUT2D eigenvalue weighted by atomic mass is 16.6. The number of hydrogen-bond acceptors (Lipinski definition) is 5. The Morgan fingerprint density at radius 3 is 1.46 bits per heavy atom. The Morgan fingerprint density at radius 2 is 0.810 bits per heavy atom. The predicted octanol–water partition coefficient (Wildman–Crippen LogP) is 14.6. The van der Waals surface area contributed by atoms with E-state index in [4.69, 9.17) is 24.4 Å². The van der Waals surface area contributed by atoms with E-state index in [1.165, 1.54) is 43.6 Å². The van der Waals surface area contributed by atoms with Crippen molar-refractivity contribution in [2.45, 2.75) is 5.41 Å². The molecule has 0 spiro atoms. The quantitative estimate of drug-likeness (QED) is 0.162. The van der Waals surface area contributed by atoms with E-state index in [1.54, 1.807) is 0 Å². The highest BCUT2D eigenvalue weighted by Crippen LogP contribution is 2.62. The second kappa shape index (κ2) is 13.8. The number of fused-ring (bicyclic) bond motifs is 12. The molecule has 0 radical (unpaired) electrons. The highest BCUT2D eigenvalue weighted by molar-refractivity contribution is 6.25. The number of hydrogen-bond donors (Lipinski definition) is 0. The van der Waals surface area contributed by atoms with Crippen LogP contribution >= 0.6 is 0 Å². The molecule has 0 unspecified atom stereocenters. The lowest BCUT2D eigenvalue weighted by molar-refractivity contribution is 0.360. The van der Waals surface area contributed by atoms with Crippen LogP contribution in [-0.4, -0.2) is 15.0 Å². The molecule has 294 valence electrons. The summed E-state index contributed by atoms with van der Waals surface area (Å²) in [4.78, 5) is 15.4. The van der Waals surface area contributed by atoms with Crippen molar-refractivity contribution in [3.8, 4) is 68.3 Å². The minimum absolute atomic E-state index is 0.537. The van der Waals surface area contributed by atoms with Crippen molar-refractivity contribution >= 4 is 32.3 Å². The molecule has 63 heavy (non-hydrogen) atoms. The maximum atomic E-state index is 7.06. The number of rotatable bonds is 5. The molecule has 10 aromatic carbocycles. The number of nitrogens with zero attached hydrogens (tertiary/aromatic N) is 3. The minimum Gasteiger partial charge on any atom is -0.449 e. The van der Waals surface area contributed by atoms with Crippen molar-refractivity contribution in [2.24, 2.45) is 0 Å². The summed E-state index contributed by atoms with van der Waals surface area (Å²) in [5, 5.41) is 7.21. The Labute approximate surface area is 363 Å². The van der Waals surface area contributed by atoms with Crippen molar-refractivity contribution in [3.05, 3.63) is 235 Å². The lowest BCUT2D eigenvalue weighted by Crippen LogP contribution is -2.28. The second-order valence-electron chi connectivity index (χ2n) is 16.2. The van der Waals surface area contributed by atoms with Gasteiger partial charge in [0.2, 0.25) is 0 Å². The van der Waals surface area contributed by atoms with Crippen LogP contribution in [0.15, 0.2) is 212 Å². The Kier molecular flexibility index (Phi) is 7.75. The van der Waals surface area contributed by atoms with Crippen molar-refractivity contribution in [1.29, 1.82) is 0 Å². The number of ether oxygens (including phenoxy) is 2. The van der Waals surface area contributed by atoms with Gasteiger partial charge in [0.15, 0.2) is 40.5 Å². The van der Waals surface area contributed by atoms with Gasteiger partial charge in [-0.25, -0.2) is 15.0 Å². The molecular weight excluding hydrogens is 771 g/mol. The van der Waals surface area contributed by atoms with Crippen LogP contribution in [0, 0.1) is 0 Å². The zero-order valence-electron chi connectivity index (χ0n) is 33.9. The number of benzene rings is 10. The first-order valence-electron chi connectivity index (χ1n) is 21.3. The molecule has 0 amide bonds. The Morgan fingerprint density at radius 1 is 0.317 bits per heavy atom. The maximum absolute atomic E-state index is 7.06. The van der Waals surface area contributed by atoms with Gasteiger partial charge in [0, 0.05) is 22.3 Å². The van der Waals surface area contributed by atoms with Crippen LogP contribution in [0.1, 0.15) is 22.3 Å². The fourth-order valence-electron chi connectivity index (χ4n) is 10.1. The van der Waals surface area contributed by atoms with Crippen molar-refractivity contribution in [1.82, 2.24) is 15.0 Å². The van der Waals surface area contributed by atoms with Gasteiger partial charge in [0.05, 0.1) is 5.41 Å². The van der Waals surface area contributed by atoms with Crippen LogP contribution in [0.25, 0.3) is 77.6 Å². The van der Waals surface area contributed by atoms with Crippen LogP contribution in [0.5, 0.6) is 23.0 Å². The lowest BCUT2D eigenvalue weighted by atomic mass is 9.68. The largest absolute Gasteiger partial charge is 0.449 e. The predicted molar refractivity (Wildman–Crippen MR) is 253 cm³/mol. The third-order valence-corrected chi connectivity index (χ3v) is 12.8. The average Bonchev–Trinajstić information content (AvgIpc) is 3.67. The molecule has 13 rings (SSSR count). The molecule has 5 nitrogen and oxygen atoms in total. The van der Waals surface area contributed by atoms with Crippen molar-refractivity contribution in [2.75, 3.05) is 0 Å². The fourth-order valence-corrected chi connectivity index (χ4v) is 10.1. The molecule has 11 aromatic rings. The summed E-state index contributed by atoms with van der Waals surface area (Å²) in [6.45, 7) is 0. The van der Waals surface area contributed by atoms with Crippen LogP contribution in [-0.2, 0) is 5.41 Å². The molecule has 0 fully saturated rings. The van der Waals surface area contributed by atoms with E-state index in [0.29, 0.717) is 40.5 Å². The van der Waals surface area contributed by atoms with E-state index in [9.17, 15) is 0 Å². The summed E-state index contributed by atoms with van der Waals surface area (Å²) in [6, 6.07) is 74.3. The van der Waals surface area contributed by atoms with Crippen molar-refractivity contribution < 1.29 is 9.47 Å². The molecule has 0 N–H and O–H groups in total. The zero-order chi connectivity index (χ0) is 41.5. The molecule has 2 heterocycles. The standard InChI is InChI=1S/C58H35N3O2/c1-4-16-36(17-5-1)55-59-56(37-28-30-45-43-24-11-10-22-41(43)42-23-12-13-25-44(42)47(45)34-37)61-57(60-55)38-29-32-50-52(35-38)63-54-51(62-50)33-31-49-53(54)46-26-14-15-27-48(46)58(49,39-18-6-2-7-19-39)40-20-8-3-9-21-40/h1-35H. The minimum atomic E-state index is -0.563.